The molecule has 0 aliphatic rings. The van der Waals surface area contributed by atoms with Crippen molar-refractivity contribution in [2.75, 3.05) is 13.2 Å². The molecule has 0 saturated carbocycles. The van der Waals surface area contributed by atoms with Crippen molar-refractivity contribution in [3.05, 3.63) is 0 Å². The van der Waals surface area contributed by atoms with Gasteiger partial charge in [0.1, 0.15) is 13.2 Å². The minimum absolute atomic E-state index is 0.0653. The number of esters is 3. The second kappa shape index (κ2) is 39.1. The zero-order valence-corrected chi connectivity index (χ0v) is 35.4. The van der Waals surface area contributed by atoms with Crippen LogP contribution in [0.3, 0.4) is 0 Å². The zero-order chi connectivity index (χ0) is 38.3. The molecule has 0 radical (unpaired) electrons. The molecule has 0 N–H and O–H groups in total. The summed E-state index contributed by atoms with van der Waals surface area (Å²) in [5.41, 5.74) is 0. The minimum atomic E-state index is -0.760. The molecule has 0 saturated heterocycles. The summed E-state index contributed by atoms with van der Waals surface area (Å²) in [4.78, 5) is 37.7. The fourth-order valence-electron chi connectivity index (χ4n) is 6.75. The minimum Gasteiger partial charge on any atom is -0.462 e. The highest BCUT2D eigenvalue weighted by Crippen LogP contribution is 2.16. The van der Waals surface area contributed by atoms with Crippen molar-refractivity contribution in [3.63, 3.8) is 0 Å². The molecule has 0 aromatic carbocycles. The standard InChI is InChI=1S/C46H88O6/c1-6-7-8-9-10-11-15-23-28-33-38-46(49)52-43(40-51-45(48)37-32-27-22-18-17-20-25-30-35-42(4)5)39-50-44(47)36-31-26-21-16-13-12-14-19-24-29-34-41(2)3/h41-43H,6-40H2,1-5H3/t43-/m0/s1. The Kier molecular flexibility index (Phi) is 37.9. The number of ether oxygens (including phenoxy) is 3. The fraction of sp³-hybridized carbons (Fsp3) is 0.935. The molecule has 0 rings (SSSR count). The molecule has 0 aliphatic heterocycles. The van der Waals surface area contributed by atoms with Gasteiger partial charge >= 0.3 is 17.9 Å². The van der Waals surface area contributed by atoms with Crippen LogP contribution in [0.1, 0.15) is 247 Å². The van der Waals surface area contributed by atoms with Gasteiger partial charge in [-0.15, -0.1) is 0 Å². The number of carbonyl (C=O) groups is 3. The first-order valence-electron chi connectivity index (χ1n) is 22.7. The van der Waals surface area contributed by atoms with Gasteiger partial charge in [-0.05, 0) is 31.1 Å². The average molecular weight is 737 g/mol. The van der Waals surface area contributed by atoms with Gasteiger partial charge in [-0.25, -0.2) is 0 Å². The first-order chi connectivity index (χ1) is 25.2. The van der Waals surface area contributed by atoms with Gasteiger partial charge in [0, 0.05) is 19.3 Å². The van der Waals surface area contributed by atoms with E-state index in [-0.39, 0.29) is 31.1 Å². The molecule has 0 fully saturated rings. The average Bonchev–Trinajstić information content (AvgIpc) is 3.11. The summed E-state index contributed by atoms with van der Waals surface area (Å²) in [7, 11) is 0. The molecule has 1 atom stereocenters. The molecule has 0 aromatic heterocycles. The van der Waals surface area contributed by atoms with Gasteiger partial charge in [-0.2, -0.15) is 0 Å². The summed E-state index contributed by atoms with van der Waals surface area (Å²) in [5.74, 6) is 0.755. The molecule has 6 heteroatoms. The maximum Gasteiger partial charge on any atom is 0.306 e. The van der Waals surface area contributed by atoms with E-state index in [1.165, 1.54) is 135 Å². The van der Waals surface area contributed by atoms with Crippen molar-refractivity contribution in [1.82, 2.24) is 0 Å². The van der Waals surface area contributed by atoms with E-state index in [9.17, 15) is 14.4 Å². The maximum absolute atomic E-state index is 12.7. The molecule has 6 nitrogen and oxygen atoms in total. The van der Waals surface area contributed by atoms with Crippen molar-refractivity contribution in [3.8, 4) is 0 Å². The Balaban J connectivity index is 4.32. The summed E-state index contributed by atoms with van der Waals surface area (Å²) in [6, 6.07) is 0. The lowest BCUT2D eigenvalue weighted by Gasteiger charge is -2.18. The van der Waals surface area contributed by atoms with Crippen molar-refractivity contribution in [1.29, 1.82) is 0 Å². The highest BCUT2D eigenvalue weighted by molar-refractivity contribution is 5.71. The molecule has 0 spiro atoms. The van der Waals surface area contributed by atoms with Crippen molar-refractivity contribution in [2.24, 2.45) is 11.8 Å². The van der Waals surface area contributed by atoms with Gasteiger partial charge in [0.15, 0.2) is 6.10 Å². The predicted molar refractivity (Wildman–Crippen MR) is 220 cm³/mol. The first-order valence-corrected chi connectivity index (χ1v) is 22.7. The summed E-state index contributed by atoms with van der Waals surface area (Å²) >= 11 is 0. The predicted octanol–water partition coefficient (Wildman–Crippen LogP) is 14.2. The van der Waals surface area contributed by atoms with Gasteiger partial charge < -0.3 is 14.2 Å². The Labute approximate surface area is 323 Å². The molecule has 308 valence electrons. The van der Waals surface area contributed by atoms with Gasteiger partial charge in [0.25, 0.3) is 0 Å². The highest BCUT2D eigenvalue weighted by Gasteiger charge is 2.19. The third-order valence-electron chi connectivity index (χ3n) is 10.2. The normalized spacial score (nSPS) is 12.1. The van der Waals surface area contributed by atoms with Crippen molar-refractivity contribution >= 4 is 17.9 Å². The number of hydrogen-bond acceptors (Lipinski definition) is 6. The molecule has 0 unspecified atom stereocenters. The largest absolute Gasteiger partial charge is 0.462 e. The van der Waals surface area contributed by atoms with Crippen LogP contribution in [-0.4, -0.2) is 37.2 Å². The highest BCUT2D eigenvalue weighted by atomic mass is 16.6. The third kappa shape index (κ3) is 39.6. The Morgan fingerprint density at radius 3 is 0.942 bits per heavy atom. The van der Waals surface area contributed by atoms with Gasteiger partial charge in [0.2, 0.25) is 0 Å². The van der Waals surface area contributed by atoms with Gasteiger partial charge in [-0.1, -0.05) is 208 Å². The topological polar surface area (TPSA) is 78.9 Å². The molecule has 0 heterocycles. The lowest BCUT2D eigenvalue weighted by atomic mass is 10.0. The van der Waals surface area contributed by atoms with Gasteiger partial charge in [0.05, 0.1) is 0 Å². The number of hydrogen-bond donors (Lipinski definition) is 0. The Morgan fingerprint density at radius 2 is 0.635 bits per heavy atom. The van der Waals surface area contributed by atoms with Crippen molar-refractivity contribution in [2.45, 2.75) is 253 Å². The number of rotatable bonds is 40. The van der Waals surface area contributed by atoms with E-state index in [1.54, 1.807) is 0 Å². The summed E-state index contributed by atoms with van der Waals surface area (Å²) in [5, 5.41) is 0. The van der Waals surface area contributed by atoms with Crippen LogP contribution in [0.4, 0.5) is 0 Å². The van der Waals surface area contributed by atoms with Crippen LogP contribution < -0.4 is 0 Å². The van der Waals surface area contributed by atoms with Crippen molar-refractivity contribution < 1.29 is 28.6 Å². The SMILES string of the molecule is CCCCCCCCCCCCC(=O)O[C@@H](COC(=O)CCCCCCCCCCCCC(C)C)COC(=O)CCCCCCCCCCC(C)C. The maximum atomic E-state index is 12.7. The molecular weight excluding hydrogens is 649 g/mol. The van der Waals surface area contributed by atoms with E-state index in [2.05, 4.69) is 34.6 Å². The number of unbranched alkanes of at least 4 members (excludes halogenated alkanes) is 25. The Hall–Kier alpha value is -1.59. The Morgan fingerprint density at radius 1 is 0.365 bits per heavy atom. The smallest absolute Gasteiger partial charge is 0.306 e. The number of carbonyl (C=O) groups excluding carboxylic acids is 3. The van der Waals surface area contributed by atoms with E-state index < -0.39 is 6.10 Å². The lowest BCUT2D eigenvalue weighted by Crippen LogP contribution is -2.30. The molecular formula is C46H88O6. The fourth-order valence-corrected chi connectivity index (χ4v) is 6.75. The summed E-state index contributed by atoms with van der Waals surface area (Å²) in [6.45, 7) is 11.3. The van der Waals surface area contributed by atoms with E-state index in [0.717, 1.165) is 69.6 Å². The van der Waals surface area contributed by atoms with E-state index in [1.807, 2.05) is 0 Å². The lowest BCUT2D eigenvalue weighted by molar-refractivity contribution is -0.167. The van der Waals surface area contributed by atoms with Crippen LogP contribution in [0.25, 0.3) is 0 Å². The molecule has 0 aromatic rings. The van der Waals surface area contributed by atoms with Gasteiger partial charge in [-0.3, -0.25) is 14.4 Å². The van der Waals surface area contributed by atoms with Crippen LogP contribution in [0.5, 0.6) is 0 Å². The van der Waals surface area contributed by atoms with Crippen LogP contribution >= 0.6 is 0 Å². The van der Waals surface area contributed by atoms with Crippen LogP contribution in [0.2, 0.25) is 0 Å². The quantitative estimate of drug-likeness (QED) is 0.0354. The van der Waals surface area contributed by atoms with Crippen LogP contribution in [0.15, 0.2) is 0 Å². The third-order valence-corrected chi connectivity index (χ3v) is 10.2. The van der Waals surface area contributed by atoms with E-state index >= 15 is 0 Å². The molecule has 0 bridgehead atoms. The van der Waals surface area contributed by atoms with Crippen LogP contribution in [-0.2, 0) is 28.6 Å². The summed E-state index contributed by atoms with van der Waals surface area (Å²) < 4.78 is 16.7. The molecule has 52 heavy (non-hydrogen) atoms. The monoisotopic (exact) mass is 737 g/mol. The molecule has 0 aliphatic carbocycles. The summed E-state index contributed by atoms with van der Waals surface area (Å²) in [6.07, 6.45) is 36.6. The molecule has 0 amide bonds. The van der Waals surface area contributed by atoms with Crippen LogP contribution in [0, 0.1) is 11.8 Å². The second-order valence-electron chi connectivity index (χ2n) is 16.6. The van der Waals surface area contributed by atoms with E-state index in [0.29, 0.717) is 19.3 Å². The van der Waals surface area contributed by atoms with E-state index in [4.69, 9.17) is 14.2 Å². The second-order valence-corrected chi connectivity index (χ2v) is 16.6. The zero-order valence-electron chi connectivity index (χ0n) is 35.4. The Bertz CT molecular complexity index is 794. The first kappa shape index (κ1) is 50.4.